The highest BCUT2D eigenvalue weighted by molar-refractivity contribution is 5.78. The predicted octanol–water partition coefficient (Wildman–Crippen LogP) is 1.02. The average molecular weight is 206 g/mol. The van der Waals surface area contributed by atoms with Crippen molar-refractivity contribution in [2.24, 2.45) is 0 Å². The number of rotatable bonds is 3. The van der Waals surface area contributed by atoms with E-state index in [-0.39, 0.29) is 12.3 Å². The Morgan fingerprint density at radius 3 is 3.00 bits per heavy atom. The van der Waals surface area contributed by atoms with E-state index in [4.69, 9.17) is 5.11 Å². The van der Waals surface area contributed by atoms with Gasteiger partial charge >= 0.3 is 5.69 Å². The molecule has 0 radical (unpaired) electrons. The van der Waals surface area contributed by atoms with Gasteiger partial charge in [-0.3, -0.25) is 4.57 Å². The molecule has 0 bridgehead atoms. The molecular weight excluding hydrogens is 192 g/mol. The van der Waals surface area contributed by atoms with Gasteiger partial charge in [0.05, 0.1) is 11.0 Å². The maximum absolute atomic E-state index is 11.6. The number of aryl methyl sites for hydroxylation is 2. The molecule has 4 heteroatoms. The third-order valence-corrected chi connectivity index (χ3v) is 2.56. The molecule has 0 fully saturated rings. The fourth-order valence-corrected chi connectivity index (χ4v) is 1.77. The van der Waals surface area contributed by atoms with Crippen molar-refractivity contribution in [3.8, 4) is 0 Å². The van der Waals surface area contributed by atoms with E-state index in [1.165, 1.54) is 0 Å². The Balaban J connectivity index is 2.58. The zero-order valence-corrected chi connectivity index (χ0v) is 8.66. The highest BCUT2D eigenvalue weighted by atomic mass is 16.3. The maximum Gasteiger partial charge on any atom is 0.326 e. The monoisotopic (exact) mass is 206 g/mol. The van der Waals surface area contributed by atoms with Crippen LogP contribution in [0.3, 0.4) is 0 Å². The van der Waals surface area contributed by atoms with Gasteiger partial charge in [-0.05, 0) is 25.0 Å². The van der Waals surface area contributed by atoms with Crippen LogP contribution >= 0.6 is 0 Å². The molecule has 0 spiro atoms. The van der Waals surface area contributed by atoms with E-state index in [0.717, 1.165) is 16.6 Å². The number of aromatic nitrogens is 2. The van der Waals surface area contributed by atoms with Gasteiger partial charge in [-0.1, -0.05) is 12.1 Å². The Hall–Kier alpha value is -1.55. The van der Waals surface area contributed by atoms with Gasteiger partial charge in [0, 0.05) is 13.2 Å². The molecule has 1 heterocycles. The molecule has 4 nitrogen and oxygen atoms in total. The van der Waals surface area contributed by atoms with Gasteiger partial charge in [0.15, 0.2) is 0 Å². The predicted molar refractivity (Wildman–Crippen MR) is 59.0 cm³/mol. The first kappa shape index (κ1) is 9.98. The number of hydrogen-bond acceptors (Lipinski definition) is 2. The van der Waals surface area contributed by atoms with Gasteiger partial charge in [-0.2, -0.15) is 0 Å². The van der Waals surface area contributed by atoms with Crippen molar-refractivity contribution < 1.29 is 5.11 Å². The van der Waals surface area contributed by atoms with Gasteiger partial charge < -0.3 is 10.1 Å². The third kappa shape index (κ3) is 1.68. The molecule has 2 N–H and O–H groups in total. The Morgan fingerprint density at radius 2 is 2.27 bits per heavy atom. The number of aromatic amines is 1. The van der Waals surface area contributed by atoms with Gasteiger partial charge in [-0.15, -0.1) is 0 Å². The quantitative estimate of drug-likeness (QED) is 0.787. The zero-order valence-electron chi connectivity index (χ0n) is 8.66. The molecule has 0 unspecified atom stereocenters. The number of fused-ring (bicyclic) bond motifs is 1. The number of para-hydroxylation sites is 1. The first-order valence-electron chi connectivity index (χ1n) is 5.03. The lowest BCUT2D eigenvalue weighted by Crippen LogP contribution is -2.17. The number of nitrogens with one attached hydrogen (secondary N) is 1. The Kier molecular flexibility index (Phi) is 2.60. The molecule has 1 aromatic heterocycles. The van der Waals surface area contributed by atoms with E-state index in [2.05, 4.69) is 4.98 Å². The maximum atomic E-state index is 11.6. The molecule has 0 atom stereocenters. The number of nitrogens with zero attached hydrogens (tertiary/aromatic N) is 1. The second kappa shape index (κ2) is 3.90. The minimum atomic E-state index is -0.104. The van der Waals surface area contributed by atoms with Crippen LogP contribution in [0, 0.1) is 6.92 Å². The summed E-state index contributed by atoms with van der Waals surface area (Å²) < 4.78 is 1.67. The lowest BCUT2D eigenvalue weighted by molar-refractivity contribution is 0.280. The largest absolute Gasteiger partial charge is 0.396 e. The number of aliphatic hydroxyl groups is 1. The van der Waals surface area contributed by atoms with Crippen LogP contribution in [0.4, 0.5) is 0 Å². The van der Waals surface area contributed by atoms with E-state index in [1.807, 2.05) is 25.1 Å². The van der Waals surface area contributed by atoms with Crippen LogP contribution in [-0.2, 0) is 6.54 Å². The normalized spacial score (nSPS) is 11.1. The van der Waals surface area contributed by atoms with E-state index < -0.39 is 0 Å². The van der Waals surface area contributed by atoms with Crippen LogP contribution in [0.15, 0.2) is 23.0 Å². The molecule has 0 aliphatic heterocycles. The molecule has 2 aromatic rings. The standard InChI is InChI=1S/C11H14N2O2/c1-8-4-2-5-9-10(8)12-11(15)13(9)6-3-7-14/h2,4-5,14H,3,6-7H2,1H3,(H,12,15). The van der Waals surface area contributed by atoms with Crippen LogP contribution in [0.5, 0.6) is 0 Å². The van der Waals surface area contributed by atoms with Crippen molar-refractivity contribution in [2.75, 3.05) is 6.61 Å². The summed E-state index contributed by atoms with van der Waals surface area (Å²) in [6, 6.07) is 5.81. The number of hydrogen-bond donors (Lipinski definition) is 2. The molecule has 15 heavy (non-hydrogen) atoms. The minimum absolute atomic E-state index is 0.102. The van der Waals surface area contributed by atoms with Crippen molar-refractivity contribution >= 4 is 11.0 Å². The number of imidazole rings is 1. The number of benzene rings is 1. The van der Waals surface area contributed by atoms with Crippen molar-refractivity contribution in [3.05, 3.63) is 34.2 Å². The molecule has 0 aliphatic carbocycles. The zero-order chi connectivity index (χ0) is 10.8. The summed E-state index contributed by atoms with van der Waals surface area (Å²) in [5.74, 6) is 0. The molecule has 0 aliphatic rings. The Labute approximate surface area is 87.2 Å². The molecule has 0 saturated carbocycles. The average Bonchev–Trinajstić information content (AvgIpc) is 2.54. The smallest absolute Gasteiger partial charge is 0.326 e. The summed E-state index contributed by atoms with van der Waals surface area (Å²) >= 11 is 0. The SMILES string of the molecule is Cc1cccc2c1[nH]c(=O)n2CCCO. The van der Waals surface area contributed by atoms with Gasteiger partial charge in [0.2, 0.25) is 0 Å². The van der Waals surface area contributed by atoms with Crippen molar-refractivity contribution in [2.45, 2.75) is 19.9 Å². The molecule has 0 saturated heterocycles. The molecule has 80 valence electrons. The van der Waals surface area contributed by atoms with Crippen molar-refractivity contribution in [3.63, 3.8) is 0 Å². The van der Waals surface area contributed by atoms with E-state index in [9.17, 15) is 4.79 Å². The van der Waals surface area contributed by atoms with E-state index in [1.54, 1.807) is 4.57 Å². The van der Waals surface area contributed by atoms with Crippen LogP contribution in [0.1, 0.15) is 12.0 Å². The second-order valence-corrected chi connectivity index (χ2v) is 3.63. The summed E-state index contributed by atoms with van der Waals surface area (Å²) in [7, 11) is 0. The van der Waals surface area contributed by atoms with Crippen LogP contribution in [-0.4, -0.2) is 21.3 Å². The summed E-state index contributed by atoms with van der Waals surface area (Å²) in [6.07, 6.45) is 0.598. The fraction of sp³-hybridized carbons (Fsp3) is 0.364. The van der Waals surface area contributed by atoms with Gasteiger partial charge in [0.25, 0.3) is 0 Å². The lowest BCUT2D eigenvalue weighted by atomic mass is 10.2. The summed E-state index contributed by atoms with van der Waals surface area (Å²) in [5.41, 5.74) is 2.76. The highest BCUT2D eigenvalue weighted by Gasteiger charge is 2.06. The molecule has 0 amide bonds. The fourth-order valence-electron chi connectivity index (χ4n) is 1.77. The summed E-state index contributed by atoms with van der Waals surface area (Å²) in [4.78, 5) is 14.5. The molecule has 1 aromatic carbocycles. The van der Waals surface area contributed by atoms with E-state index >= 15 is 0 Å². The topological polar surface area (TPSA) is 58.0 Å². The highest BCUT2D eigenvalue weighted by Crippen LogP contribution is 2.14. The van der Waals surface area contributed by atoms with Gasteiger partial charge in [0.1, 0.15) is 0 Å². The van der Waals surface area contributed by atoms with Crippen LogP contribution < -0.4 is 5.69 Å². The first-order chi connectivity index (χ1) is 7.24. The van der Waals surface area contributed by atoms with Crippen LogP contribution in [0.25, 0.3) is 11.0 Å². The number of aliphatic hydroxyl groups excluding tert-OH is 1. The van der Waals surface area contributed by atoms with E-state index in [0.29, 0.717) is 13.0 Å². The number of H-pyrrole nitrogens is 1. The third-order valence-electron chi connectivity index (χ3n) is 2.56. The summed E-state index contributed by atoms with van der Waals surface area (Å²) in [5, 5.41) is 8.76. The molecular formula is C11H14N2O2. The molecule has 2 rings (SSSR count). The minimum Gasteiger partial charge on any atom is -0.396 e. The van der Waals surface area contributed by atoms with Crippen molar-refractivity contribution in [1.29, 1.82) is 0 Å². The van der Waals surface area contributed by atoms with Crippen LogP contribution in [0.2, 0.25) is 0 Å². The van der Waals surface area contributed by atoms with Crippen molar-refractivity contribution in [1.82, 2.24) is 9.55 Å². The Bertz CT molecular complexity index is 525. The summed E-state index contributed by atoms with van der Waals surface area (Å²) in [6.45, 7) is 2.62. The second-order valence-electron chi connectivity index (χ2n) is 3.63. The van der Waals surface area contributed by atoms with Gasteiger partial charge in [-0.25, -0.2) is 4.79 Å². The lowest BCUT2D eigenvalue weighted by Gasteiger charge is -2.01. The Morgan fingerprint density at radius 1 is 1.47 bits per heavy atom. The first-order valence-corrected chi connectivity index (χ1v) is 5.03.